The standard InChI is InChI=1S/C18H15N3O/c1-12-2-7-15-9-17(21-16(15)8-12)18(22)20-11-14-5-3-13(10-19)4-6-14/h2-9,21H,11H2,1H3,(H,20,22). The topological polar surface area (TPSA) is 68.7 Å². The van der Waals surface area contributed by atoms with Gasteiger partial charge in [-0.15, -0.1) is 0 Å². The minimum atomic E-state index is -0.141. The lowest BCUT2D eigenvalue weighted by Crippen LogP contribution is -2.23. The van der Waals surface area contributed by atoms with Crippen LogP contribution < -0.4 is 5.32 Å². The second-order valence-electron chi connectivity index (χ2n) is 5.27. The molecule has 0 unspecified atom stereocenters. The van der Waals surface area contributed by atoms with Crippen LogP contribution in [-0.2, 0) is 6.54 Å². The van der Waals surface area contributed by atoms with Crippen LogP contribution in [0.25, 0.3) is 10.9 Å². The van der Waals surface area contributed by atoms with Crippen molar-refractivity contribution < 1.29 is 4.79 Å². The Bertz CT molecular complexity index is 869. The van der Waals surface area contributed by atoms with Crippen LogP contribution in [0.15, 0.2) is 48.5 Å². The largest absolute Gasteiger partial charge is 0.351 e. The number of fused-ring (bicyclic) bond motifs is 1. The summed E-state index contributed by atoms with van der Waals surface area (Å²) >= 11 is 0. The highest BCUT2D eigenvalue weighted by Gasteiger charge is 2.09. The van der Waals surface area contributed by atoms with E-state index in [1.54, 1.807) is 12.1 Å². The number of H-pyrrole nitrogens is 1. The number of nitrogens with zero attached hydrogens (tertiary/aromatic N) is 1. The Hall–Kier alpha value is -3.06. The molecule has 0 radical (unpaired) electrons. The molecule has 4 nitrogen and oxygen atoms in total. The number of aromatic amines is 1. The number of nitrogens with one attached hydrogen (secondary N) is 2. The summed E-state index contributed by atoms with van der Waals surface area (Å²) in [6, 6.07) is 17.1. The molecule has 0 aliphatic rings. The summed E-state index contributed by atoms with van der Waals surface area (Å²) in [4.78, 5) is 15.3. The number of aromatic nitrogens is 1. The zero-order valence-electron chi connectivity index (χ0n) is 12.2. The van der Waals surface area contributed by atoms with Gasteiger partial charge in [0.15, 0.2) is 0 Å². The van der Waals surface area contributed by atoms with E-state index in [4.69, 9.17) is 5.26 Å². The minimum absolute atomic E-state index is 0.141. The average Bonchev–Trinajstić information content (AvgIpc) is 2.96. The average molecular weight is 289 g/mol. The molecule has 1 heterocycles. The highest BCUT2D eigenvalue weighted by atomic mass is 16.1. The molecule has 0 spiro atoms. The Morgan fingerprint density at radius 2 is 1.95 bits per heavy atom. The summed E-state index contributed by atoms with van der Waals surface area (Å²) in [6.45, 7) is 2.45. The lowest BCUT2D eigenvalue weighted by atomic mass is 10.1. The van der Waals surface area contributed by atoms with Gasteiger partial charge in [-0.25, -0.2) is 0 Å². The predicted molar refractivity (Wildman–Crippen MR) is 85.4 cm³/mol. The quantitative estimate of drug-likeness (QED) is 0.777. The third kappa shape index (κ3) is 2.84. The van der Waals surface area contributed by atoms with Crippen molar-refractivity contribution in [3.63, 3.8) is 0 Å². The Balaban J connectivity index is 1.71. The fraction of sp³-hybridized carbons (Fsp3) is 0.111. The molecule has 2 N–H and O–H groups in total. The summed E-state index contributed by atoms with van der Waals surface area (Å²) in [5, 5.41) is 12.7. The summed E-state index contributed by atoms with van der Waals surface area (Å²) in [7, 11) is 0. The first-order chi connectivity index (χ1) is 10.7. The molecule has 0 aliphatic heterocycles. The molecule has 22 heavy (non-hydrogen) atoms. The number of nitriles is 1. The number of rotatable bonds is 3. The van der Waals surface area contributed by atoms with E-state index in [1.165, 1.54) is 0 Å². The molecule has 108 valence electrons. The van der Waals surface area contributed by atoms with E-state index >= 15 is 0 Å². The van der Waals surface area contributed by atoms with Crippen LogP contribution in [-0.4, -0.2) is 10.9 Å². The first-order valence-corrected chi connectivity index (χ1v) is 7.02. The van der Waals surface area contributed by atoms with Crippen LogP contribution >= 0.6 is 0 Å². The van der Waals surface area contributed by atoms with E-state index in [9.17, 15) is 4.79 Å². The molecule has 3 rings (SSSR count). The van der Waals surface area contributed by atoms with E-state index in [2.05, 4.69) is 16.4 Å². The van der Waals surface area contributed by atoms with Crippen molar-refractivity contribution in [3.05, 3.63) is 70.9 Å². The second-order valence-corrected chi connectivity index (χ2v) is 5.27. The van der Waals surface area contributed by atoms with Crippen molar-refractivity contribution in [2.24, 2.45) is 0 Å². The highest BCUT2D eigenvalue weighted by molar-refractivity contribution is 5.98. The maximum atomic E-state index is 12.2. The molecule has 0 atom stereocenters. The summed E-state index contributed by atoms with van der Waals surface area (Å²) in [5.41, 5.74) is 4.23. The molecule has 0 bridgehead atoms. The SMILES string of the molecule is Cc1ccc2cc(C(=O)NCc3ccc(C#N)cc3)[nH]c2c1. The summed E-state index contributed by atoms with van der Waals surface area (Å²) in [5.74, 6) is -0.141. The van der Waals surface area contributed by atoms with Crippen LogP contribution in [0, 0.1) is 18.3 Å². The zero-order valence-corrected chi connectivity index (χ0v) is 12.2. The van der Waals surface area contributed by atoms with Gasteiger partial charge in [-0.05, 0) is 42.3 Å². The highest BCUT2D eigenvalue weighted by Crippen LogP contribution is 2.17. The van der Waals surface area contributed by atoms with Gasteiger partial charge in [0, 0.05) is 17.4 Å². The third-order valence-electron chi connectivity index (χ3n) is 3.56. The van der Waals surface area contributed by atoms with Gasteiger partial charge in [-0.1, -0.05) is 24.3 Å². The molecular weight excluding hydrogens is 274 g/mol. The van der Waals surface area contributed by atoms with E-state index in [1.807, 2.05) is 43.3 Å². The number of hydrogen-bond donors (Lipinski definition) is 2. The first-order valence-electron chi connectivity index (χ1n) is 7.02. The number of benzene rings is 2. The van der Waals surface area contributed by atoms with E-state index < -0.39 is 0 Å². The van der Waals surface area contributed by atoms with Crippen LogP contribution in [0.4, 0.5) is 0 Å². The molecule has 0 saturated heterocycles. The normalized spacial score (nSPS) is 10.4. The Labute approximate surface area is 128 Å². The monoisotopic (exact) mass is 289 g/mol. The van der Waals surface area contributed by atoms with Gasteiger partial charge in [-0.3, -0.25) is 4.79 Å². The van der Waals surface area contributed by atoms with Gasteiger partial charge in [-0.2, -0.15) is 5.26 Å². The zero-order chi connectivity index (χ0) is 15.5. The van der Waals surface area contributed by atoms with E-state index in [0.29, 0.717) is 17.8 Å². The number of aryl methyl sites for hydroxylation is 1. The maximum Gasteiger partial charge on any atom is 0.267 e. The Kier molecular flexibility index (Phi) is 3.63. The van der Waals surface area contributed by atoms with Gasteiger partial charge < -0.3 is 10.3 Å². The Morgan fingerprint density at radius 1 is 1.18 bits per heavy atom. The molecule has 0 saturated carbocycles. The molecule has 4 heteroatoms. The van der Waals surface area contributed by atoms with E-state index in [-0.39, 0.29) is 5.91 Å². The lowest BCUT2D eigenvalue weighted by molar-refractivity contribution is 0.0947. The van der Waals surface area contributed by atoms with Crippen LogP contribution in [0.2, 0.25) is 0 Å². The van der Waals surface area contributed by atoms with Gasteiger partial charge in [0.05, 0.1) is 11.6 Å². The second kappa shape index (κ2) is 5.74. The lowest BCUT2D eigenvalue weighted by Gasteiger charge is -2.04. The van der Waals surface area contributed by atoms with Crippen molar-refractivity contribution >= 4 is 16.8 Å². The van der Waals surface area contributed by atoms with Crippen molar-refractivity contribution in [2.45, 2.75) is 13.5 Å². The van der Waals surface area contributed by atoms with Crippen LogP contribution in [0.1, 0.15) is 27.2 Å². The maximum absolute atomic E-state index is 12.2. The van der Waals surface area contributed by atoms with Crippen molar-refractivity contribution in [3.8, 4) is 6.07 Å². The first kappa shape index (κ1) is 13.9. The molecule has 1 amide bonds. The van der Waals surface area contributed by atoms with Gasteiger partial charge >= 0.3 is 0 Å². The molecule has 2 aromatic carbocycles. The van der Waals surface area contributed by atoms with Crippen LogP contribution in [0.3, 0.4) is 0 Å². The number of amides is 1. The summed E-state index contributed by atoms with van der Waals surface area (Å²) in [6.07, 6.45) is 0. The summed E-state index contributed by atoms with van der Waals surface area (Å²) < 4.78 is 0. The number of carbonyl (C=O) groups excluding carboxylic acids is 1. The fourth-order valence-corrected chi connectivity index (χ4v) is 2.34. The molecule has 3 aromatic rings. The smallest absolute Gasteiger partial charge is 0.267 e. The predicted octanol–water partition coefficient (Wildman–Crippen LogP) is 3.28. The van der Waals surface area contributed by atoms with Gasteiger partial charge in [0.1, 0.15) is 5.69 Å². The van der Waals surface area contributed by atoms with Crippen molar-refractivity contribution in [1.82, 2.24) is 10.3 Å². The number of carbonyl (C=O) groups is 1. The van der Waals surface area contributed by atoms with E-state index in [0.717, 1.165) is 22.0 Å². The minimum Gasteiger partial charge on any atom is -0.351 e. The van der Waals surface area contributed by atoms with Gasteiger partial charge in [0.25, 0.3) is 5.91 Å². The van der Waals surface area contributed by atoms with Gasteiger partial charge in [0.2, 0.25) is 0 Å². The third-order valence-corrected chi connectivity index (χ3v) is 3.56. The van der Waals surface area contributed by atoms with Crippen LogP contribution in [0.5, 0.6) is 0 Å². The molecule has 0 fully saturated rings. The molecule has 0 aliphatic carbocycles. The molecular formula is C18H15N3O. The number of hydrogen-bond acceptors (Lipinski definition) is 2. The molecule has 1 aromatic heterocycles. The van der Waals surface area contributed by atoms with Crippen molar-refractivity contribution in [1.29, 1.82) is 5.26 Å². The fourth-order valence-electron chi connectivity index (χ4n) is 2.34. The Morgan fingerprint density at radius 3 is 2.68 bits per heavy atom. The van der Waals surface area contributed by atoms with Crippen molar-refractivity contribution in [2.75, 3.05) is 0 Å².